The number of sulfonamides is 1. The Labute approximate surface area is 154 Å². The maximum absolute atomic E-state index is 12.6. The van der Waals surface area contributed by atoms with E-state index in [4.69, 9.17) is 4.74 Å². The van der Waals surface area contributed by atoms with Crippen molar-refractivity contribution < 1.29 is 17.9 Å². The van der Waals surface area contributed by atoms with Gasteiger partial charge in [-0.1, -0.05) is 12.1 Å². The lowest BCUT2D eigenvalue weighted by Gasteiger charge is -2.20. The first-order chi connectivity index (χ1) is 12.0. The largest absolute Gasteiger partial charge is 0.495 e. The third-order valence-electron chi connectivity index (χ3n) is 3.45. The van der Waals surface area contributed by atoms with E-state index >= 15 is 0 Å². The SMILES string of the molecule is COc1ccc(C)cc1NC(=O)c1cccc(S(=O)(=O)NC(C)(C)C)c1. The van der Waals surface area contributed by atoms with Crippen molar-refractivity contribution >= 4 is 21.6 Å². The Morgan fingerprint density at radius 3 is 2.38 bits per heavy atom. The lowest BCUT2D eigenvalue weighted by atomic mass is 10.1. The van der Waals surface area contributed by atoms with Crippen LogP contribution in [0.2, 0.25) is 0 Å². The third-order valence-corrected chi connectivity index (χ3v) is 5.21. The van der Waals surface area contributed by atoms with Gasteiger partial charge in [-0.05, 0) is 63.6 Å². The van der Waals surface area contributed by atoms with Gasteiger partial charge in [0.1, 0.15) is 5.75 Å². The zero-order valence-electron chi connectivity index (χ0n) is 15.6. The Kier molecular flexibility index (Phi) is 5.73. The number of benzene rings is 2. The Balaban J connectivity index is 2.30. The molecule has 0 aromatic heterocycles. The van der Waals surface area contributed by atoms with E-state index in [1.165, 1.54) is 19.2 Å². The van der Waals surface area contributed by atoms with E-state index in [0.717, 1.165) is 5.56 Å². The Morgan fingerprint density at radius 2 is 1.77 bits per heavy atom. The molecule has 1 amide bonds. The van der Waals surface area contributed by atoms with Crippen LogP contribution in [0.5, 0.6) is 5.75 Å². The average Bonchev–Trinajstić information content (AvgIpc) is 2.53. The summed E-state index contributed by atoms with van der Waals surface area (Å²) >= 11 is 0. The molecule has 0 fully saturated rings. The van der Waals surface area contributed by atoms with Gasteiger partial charge < -0.3 is 10.1 Å². The van der Waals surface area contributed by atoms with Crippen molar-refractivity contribution in [3.63, 3.8) is 0 Å². The molecule has 7 heteroatoms. The van der Waals surface area contributed by atoms with Gasteiger partial charge in [0.15, 0.2) is 0 Å². The van der Waals surface area contributed by atoms with E-state index in [-0.39, 0.29) is 10.5 Å². The monoisotopic (exact) mass is 376 g/mol. The van der Waals surface area contributed by atoms with Crippen LogP contribution in [-0.2, 0) is 10.0 Å². The molecular weight excluding hydrogens is 352 g/mol. The van der Waals surface area contributed by atoms with Gasteiger partial charge >= 0.3 is 0 Å². The van der Waals surface area contributed by atoms with E-state index in [1.807, 2.05) is 13.0 Å². The number of hydrogen-bond donors (Lipinski definition) is 2. The van der Waals surface area contributed by atoms with Crippen molar-refractivity contribution in [3.8, 4) is 5.75 Å². The predicted octanol–water partition coefficient (Wildman–Crippen LogP) is 3.33. The number of carbonyl (C=O) groups is 1. The van der Waals surface area contributed by atoms with Crippen LogP contribution in [0, 0.1) is 6.92 Å². The van der Waals surface area contributed by atoms with Crippen LogP contribution >= 0.6 is 0 Å². The molecule has 2 N–H and O–H groups in total. The van der Waals surface area contributed by atoms with Crippen LogP contribution in [0.15, 0.2) is 47.4 Å². The summed E-state index contributed by atoms with van der Waals surface area (Å²) in [7, 11) is -2.20. The normalized spacial score (nSPS) is 11.9. The van der Waals surface area contributed by atoms with Crippen LogP contribution < -0.4 is 14.8 Å². The third kappa shape index (κ3) is 5.06. The summed E-state index contributed by atoms with van der Waals surface area (Å²) < 4.78 is 32.7. The maximum Gasteiger partial charge on any atom is 0.255 e. The fourth-order valence-corrected chi connectivity index (χ4v) is 3.84. The quantitative estimate of drug-likeness (QED) is 0.838. The van der Waals surface area contributed by atoms with Gasteiger partial charge in [-0.15, -0.1) is 0 Å². The van der Waals surface area contributed by atoms with E-state index in [1.54, 1.807) is 45.0 Å². The van der Waals surface area contributed by atoms with Gasteiger partial charge in [0.05, 0.1) is 17.7 Å². The highest BCUT2D eigenvalue weighted by molar-refractivity contribution is 7.89. The molecule has 140 valence electrons. The summed E-state index contributed by atoms with van der Waals surface area (Å²) in [6.45, 7) is 7.17. The molecule has 0 saturated heterocycles. The van der Waals surface area contributed by atoms with E-state index in [2.05, 4.69) is 10.0 Å². The summed E-state index contributed by atoms with van der Waals surface area (Å²) in [4.78, 5) is 12.6. The Bertz CT molecular complexity index is 915. The molecule has 0 aliphatic carbocycles. The number of hydrogen-bond acceptors (Lipinski definition) is 4. The standard InChI is InChI=1S/C19H24N2O4S/c1-13-9-10-17(25-5)16(11-13)20-18(22)14-7-6-8-15(12-14)26(23,24)21-19(2,3)4/h6-12,21H,1-5H3,(H,20,22). The smallest absolute Gasteiger partial charge is 0.255 e. The number of anilines is 1. The molecule has 0 heterocycles. The molecule has 26 heavy (non-hydrogen) atoms. The summed E-state index contributed by atoms with van der Waals surface area (Å²) in [6.07, 6.45) is 0. The first-order valence-corrected chi connectivity index (χ1v) is 9.60. The Hall–Kier alpha value is -2.38. The second-order valence-corrected chi connectivity index (χ2v) is 8.72. The minimum atomic E-state index is -3.72. The van der Waals surface area contributed by atoms with Gasteiger partial charge in [-0.3, -0.25) is 4.79 Å². The van der Waals surface area contributed by atoms with Crippen LogP contribution in [0.1, 0.15) is 36.7 Å². The van der Waals surface area contributed by atoms with Crippen molar-refractivity contribution in [2.45, 2.75) is 38.1 Å². The maximum atomic E-state index is 12.6. The van der Waals surface area contributed by atoms with Crippen molar-refractivity contribution in [1.82, 2.24) is 4.72 Å². The second kappa shape index (κ2) is 7.47. The number of methoxy groups -OCH3 is 1. The van der Waals surface area contributed by atoms with E-state index in [0.29, 0.717) is 11.4 Å². The fourth-order valence-electron chi connectivity index (χ4n) is 2.38. The molecule has 0 saturated carbocycles. The van der Waals surface area contributed by atoms with Crippen LogP contribution in [0.3, 0.4) is 0 Å². The molecule has 6 nitrogen and oxygen atoms in total. The first-order valence-electron chi connectivity index (χ1n) is 8.12. The number of aryl methyl sites for hydroxylation is 1. The minimum Gasteiger partial charge on any atom is -0.495 e. The molecule has 2 aromatic rings. The van der Waals surface area contributed by atoms with Crippen LogP contribution in [0.25, 0.3) is 0 Å². The number of carbonyl (C=O) groups excluding carboxylic acids is 1. The lowest BCUT2D eigenvalue weighted by molar-refractivity contribution is 0.102. The summed E-state index contributed by atoms with van der Waals surface area (Å²) in [5.41, 5.74) is 1.11. The number of nitrogens with one attached hydrogen (secondary N) is 2. The molecule has 2 rings (SSSR count). The molecular formula is C19H24N2O4S. The second-order valence-electron chi connectivity index (χ2n) is 7.04. The Morgan fingerprint density at radius 1 is 1.08 bits per heavy atom. The van der Waals surface area contributed by atoms with E-state index < -0.39 is 21.5 Å². The number of amides is 1. The number of rotatable bonds is 5. The zero-order valence-corrected chi connectivity index (χ0v) is 16.4. The molecule has 0 aliphatic rings. The van der Waals surface area contributed by atoms with Crippen molar-refractivity contribution in [1.29, 1.82) is 0 Å². The molecule has 0 atom stereocenters. The van der Waals surface area contributed by atoms with Gasteiger partial charge in [-0.2, -0.15) is 0 Å². The topological polar surface area (TPSA) is 84.5 Å². The zero-order chi connectivity index (χ0) is 19.5. The first kappa shape index (κ1) is 19.9. The minimum absolute atomic E-state index is 0.0382. The van der Waals surface area contributed by atoms with Crippen LogP contribution in [0.4, 0.5) is 5.69 Å². The van der Waals surface area contributed by atoms with Gasteiger partial charge in [0.2, 0.25) is 10.0 Å². The van der Waals surface area contributed by atoms with Crippen molar-refractivity contribution in [2.75, 3.05) is 12.4 Å². The van der Waals surface area contributed by atoms with Crippen molar-refractivity contribution in [2.24, 2.45) is 0 Å². The molecule has 0 aliphatic heterocycles. The highest BCUT2D eigenvalue weighted by atomic mass is 32.2. The van der Waals surface area contributed by atoms with Gasteiger partial charge in [0.25, 0.3) is 5.91 Å². The predicted molar refractivity (Wildman–Crippen MR) is 102 cm³/mol. The highest BCUT2D eigenvalue weighted by Crippen LogP contribution is 2.26. The fraction of sp³-hybridized carbons (Fsp3) is 0.316. The summed E-state index contributed by atoms with van der Waals surface area (Å²) in [5, 5.41) is 2.77. The van der Waals surface area contributed by atoms with Crippen LogP contribution in [-0.4, -0.2) is 27.0 Å². The molecule has 0 unspecified atom stereocenters. The van der Waals surface area contributed by atoms with Crippen molar-refractivity contribution in [3.05, 3.63) is 53.6 Å². The summed E-state index contributed by atoms with van der Waals surface area (Å²) in [6, 6.07) is 11.3. The van der Waals surface area contributed by atoms with E-state index in [9.17, 15) is 13.2 Å². The molecule has 0 radical (unpaired) electrons. The average molecular weight is 376 g/mol. The summed E-state index contributed by atoms with van der Waals surface area (Å²) in [5.74, 6) is 0.115. The van der Waals surface area contributed by atoms with Gasteiger partial charge in [0, 0.05) is 11.1 Å². The molecule has 2 aromatic carbocycles. The van der Waals surface area contributed by atoms with Gasteiger partial charge in [-0.25, -0.2) is 13.1 Å². The number of ether oxygens (including phenoxy) is 1. The lowest BCUT2D eigenvalue weighted by Crippen LogP contribution is -2.40. The highest BCUT2D eigenvalue weighted by Gasteiger charge is 2.23. The molecule has 0 spiro atoms. The molecule has 0 bridgehead atoms.